The summed E-state index contributed by atoms with van der Waals surface area (Å²) in [7, 11) is 0. The van der Waals surface area contributed by atoms with Crippen molar-refractivity contribution in [3.05, 3.63) is 165 Å². The van der Waals surface area contributed by atoms with E-state index in [9.17, 15) is 9.90 Å². The molecule has 13 rings (SSSR count). The lowest BCUT2D eigenvalue weighted by Crippen LogP contribution is -2.37. The number of carbonyl (C=O) groups is 1. The van der Waals surface area contributed by atoms with Crippen LogP contribution in [-0.2, 0) is 4.79 Å². The SMILES string of the molecule is Cc1cc(-c2ccc3ncnc(N)c3c2)ccn1.Nc1ncnc2ccc(-c3cccc(NC(=O)CC4CC4)c3)cc12.Nc1ncnc2ccc(-c3ccncc3)cc12.Nc1ncnc2ccc(N3CCCC(CO)C3)nc12. The summed E-state index contributed by atoms with van der Waals surface area (Å²) >= 11 is 0. The van der Waals surface area contributed by atoms with E-state index >= 15 is 0 Å². The number of fused-ring (bicyclic) bond motifs is 4. The minimum Gasteiger partial charge on any atom is -0.396 e. The van der Waals surface area contributed by atoms with E-state index in [2.05, 4.69) is 65.0 Å². The molecule has 0 spiro atoms. The molecule has 8 heterocycles. The molecular weight excluding hydrogens is 979 g/mol. The van der Waals surface area contributed by atoms with Gasteiger partial charge in [-0.25, -0.2) is 44.9 Å². The number of rotatable bonds is 8. The molecule has 11 aromatic rings. The molecule has 19 heteroatoms. The number of aromatic nitrogens is 11. The van der Waals surface area contributed by atoms with Gasteiger partial charge in [0.05, 0.1) is 22.1 Å². The molecule has 1 aliphatic heterocycles. The monoisotopic (exact) mass is 1040 g/mol. The number of benzene rings is 4. The van der Waals surface area contributed by atoms with Crippen LogP contribution in [0.4, 0.5) is 34.8 Å². The van der Waals surface area contributed by atoms with E-state index in [4.69, 9.17) is 22.9 Å². The van der Waals surface area contributed by atoms with Crippen LogP contribution in [0.15, 0.2) is 159 Å². The van der Waals surface area contributed by atoms with Crippen molar-refractivity contribution >= 4 is 84.4 Å². The average Bonchev–Trinajstić information content (AvgIpc) is 4.32. The average molecular weight is 1040 g/mol. The molecule has 1 saturated carbocycles. The van der Waals surface area contributed by atoms with Gasteiger partial charge in [0.2, 0.25) is 5.91 Å². The second kappa shape index (κ2) is 23.8. The van der Waals surface area contributed by atoms with Crippen LogP contribution in [0.3, 0.4) is 0 Å². The second-order valence-electron chi connectivity index (χ2n) is 19.1. The first-order valence-electron chi connectivity index (χ1n) is 25.5. The Hall–Kier alpha value is -9.88. The molecule has 19 nitrogen and oxygen atoms in total. The van der Waals surface area contributed by atoms with E-state index in [1.165, 1.54) is 38.2 Å². The van der Waals surface area contributed by atoms with E-state index in [-0.39, 0.29) is 12.5 Å². The Bertz CT molecular complexity index is 3900. The number of amides is 1. The third kappa shape index (κ3) is 12.6. The number of nitrogens with one attached hydrogen (secondary N) is 1. The zero-order valence-electron chi connectivity index (χ0n) is 42.9. The fourth-order valence-electron chi connectivity index (χ4n) is 9.16. The maximum absolute atomic E-state index is 12.0. The Morgan fingerprint density at radius 1 is 0.551 bits per heavy atom. The lowest BCUT2D eigenvalue weighted by atomic mass is 9.99. The summed E-state index contributed by atoms with van der Waals surface area (Å²) in [5.41, 5.74) is 35.7. The standard InChI is InChI=1S/C19H18N4O.C14H12N4.C13H17N5O.C13H10N4/c20-19-16-10-14(6-7-17(16)21-11-22-19)13-2-1-3-15(9-13)23-18(24)8-12-4-5-12;1-9-6-11(4-5-16-9)10-2-3-13-12(7-10)14(15)18-8-17-13;14-13-12-10(15-8-16-13)3-4-11(17-12)18-5-1-2-9(6-18)7-19;14-13-11-7-10(9-3-5-15-6-4-9)1-2-12(11)16-8-17-13/h1-3,6-7,9-12H,4-5,8H2,(H,23,24)(H2,20,21,22);2-8H,1H3,(H2,15,17,18);3-4,8-9,19H,1-2,5-7H2,(H2,14,15,16);1-8H,(H2,14,16,17). The van der Waals surface area contributed by atoms with Crippen molar-refractivity contribution in [1.29, 1.82) is 0 Å². The molecule has 2 fully saturated rings. The van der Waals surface area contributed by atoms with Gasteiger partial charge in [-0.15, -0.1) is 0 Å². The maximum Gasteiger partial charge on any atom is 0.224 e. The number of nitrogens with zero attached hydrogens (tertiary/aromatic N) is 12. The number of carbonyl (C=O) groups excluding carboxylic acids is 1. The summed E-state index contributed by atoms with van der Waals surface area (Å²) in [6.07, 6.45) is 16.3. The lowest BCUT2D eigenvalue weighted by molar-refractivity contribution is -0.116. The molecule has 78 heavy (non-hydrogen) atoms. The van der Waals surface area contributed by atoms with E-state index in [0.29, 0.717) is 47.0 Å². The summed E-state index contributed by atoms with van der Waals surface area (Å²) in [5, 5.41) is 14.9. The van der Waals surface area contributed by atoms with Crippen molar-refractivity contribution in [2.24, 2.45) is 11.8 Å². The topological polar surface area (TPSA) is 298 Å². The highest BCUT2D eigenvalue weighted by atomic mass is 16.3. The van der Waals surface area contributed by atoms with Crippen molar-refractivity contribution in [2.75, 3.05) is 52.8 Å². The van der Waals surface area contributed by atoms with Crippen LogP contribution in [0.1, 0.15) is 37.8 Å². The summed E-state index contributed by atoms with van der Waals surface area (Å²) in [6.45, 7) is 4.00. The molecule has 1 amide bonds. The molecule has 0 bridgehead atoms. The molecule has 4 aromatic carbocycles. The van der Waals surface area contributed by atoms with Gasteiger partial charge in [-0.1, -0.05) is 30.3 Å². The van der Waals surface area contributed by atoms with Crippen molar-refractivity contribution in [2.45, 2.75) is 39.0 Å². The van der Waals surface area contributed by atoms with Gasteiger partial charge in [0.15, 0.2) is 5.82 Å². The largest absolute Gasteiger partial charge is 0.396 e. The maximum atomic E-state index is 12.0. The molecule has 1 saturated heterocycles. The Kier molecular flexibility index (Phi) is 15.7. The smallest absolute Gasteiger partial charge is 0.224 e. The minimum atomic E-state index is 0.0887. The van der Waals surface area contributed by atoms with Gasteiger partial charge < -0.3 is 38.3 Å². The number of anilines is 6. The number of pyridine rings is 3. The van der Waals surface area contributed by atoms with Crippen molar-refractivity contribution in [1.82, 2.24) is 54.8 Å². The Morgan fingerprint density at radius 3 is 1.65 bits per heavy atom. The van der Waals surface area contributed by atoms with Crippen molar-refractivity contribution in [3.8, 4) is 33.4 Å². The fraction of sp³-hybridized carbons (Fsp3) is 0.186. The number of aliphatic hydroxyl groups excluding tert-OH is 1. The number of hydrogen-bond acceptors (Lipinski definition) is 18. The van der Waals surface area contributed by atoms with Gasteiger partial charge in [-0.2, -0.15) is 0 Å². The lowest BCUT2D eigenvalue weighted by Gasteiger charge is -2.32. The first kappa shape index (κ1) is 51.6. The summed E-state index contributed by atoms with van der Waals surface area (Å²) in [5.74, 6) is 3.77. The second-order valence-corrected chi connectivity index (χ2v) is 19.1. The molecule has 1 aliphatic carbocycles. The van der Waals surface area contributed by atoms with Gasteiger partial charge >= 0.3 is 0 Å². The highest BCUT2D eigenvalue weighted by molar-refractivity contribution is 5.95. The van der Waals surface area contributed by atoms with Crippen LogP contribution in [0.2, 0.25) is 0 Å². The van der Waals surface area contributed by atoms with Crippen LogP contribution >= 0.6 is 0 Å². The Morgan fingerprint density at radius 2 is 1.08 bits per heavy atom. The third-order valence-electron chi connectivity index (χ3n) is 13.5. The number of nitrogen functional groups attached to an aromatic ring is 4. The van der Waals surface area contributed by atoms with Crippen molar-refractivity contribution < 1.29 is 9.90 Å². The van der Waals surface area contributed by atoms with Crippen LogP contribution in [0.25, 0.3) is 77.1 Å². The highest BCUT2D eigenvalue weighted by Crippen LogP contribution is 2.34. The number of nitrogens with two attached hydrogens (primary N) is 4. The van der Waals surface area contributed by atoms with Gasteiger partial charge in [0, 0.05) is 72.2 Å². The first-order chi connectivity index (χ1) is 38.0. The van der Waals surface area contributed by atoms with Gasteiger partial charge in [0.25, 0.3) is 0 Å². The number of aryl methyl sites for hydroxylation is 1. The van der Waals surface area contributed by atoms with Crippen LogP contribution in [0.5, 0.6) is 0 Å². The van der Waals surface area contributed by atoms with Crippen LogP contribution < -0.4 is 33.2 Å². The molecular formula is C59H57N17O2. The molecule has 7 aromatic heterocycles. The quantitative estimate of drug-likeness (QED) is 0.0826. The van der Waals surface area contributed by atoms with Crippen LogP contribution in [-0.4, -0.2) is 85.5 Å². The fourth-order valence-corrected chi connectivity index (χ4v) is 9.16. The number of hydrogen-bond donors (Lipinski definition) is 6. The van der Waals surface area contributed by atoms with Gasteiger partial charge in [0.1, 0.15) is 54.1 Å². The zero-order chi connectivity index (χ0) is 54.0. The number of piperidine rings is 1. The predicted molar refractivity (Wildman–Crippen MR) is 308 cm³/mol. The molecule has 0 radical (unpaired) electrons. The summed E-state index contributed by atoms with van der Waals surface area (Å²) in [6, 6.07) is 37.5. The zero-order valence-corrected chi connectivity index (χ0v) is 42.9. The summed E-state index contributed by atoms with van der Waals surface area (Å²) in [4.78, 5) is 59.7. The molecule has 1 atom stereocenters. The third-order valence-corrected chi connectivity index (χ3v) is 13.5. The molecule has 10 N–H and O–H groups in total. The summed E-state index contributed by atoms with van der Waals surface area (Å²) < 4.78 is 0. The van der Waals surface area contributed by atoms with Gasteiger partial charge in [-0.05, 0) is 163 Å². The van der Waals surface area contributed by atoms with E-state index in [0.717, 1.165) is 115 Å². The van der Waals surface area contributed by atoms with E-state index in [1.807, 2.05) is 122 Å². The van der Waals surface area contributed by atoms with E-state index < -0.39 is 0 Å². The Labute approximate surface area is 449 Å². The van der Waals surface area contributed by atoms with Gasteiger partial charge in [-0.3, -0.25) is 14.8 Å². The highest BCUT2D eigenvalue weighted by Gasteiger charge is 2.24. The molecule has 390 valence electrons. The Balaban J connectivity index is 0.000000119. The molecule has 2 aliphatic rings. The van der Waals surface area contributed by atoms with Crippen LogP contribution in [0, 0.1) is 18.8 Å². The first-order valence-corrected chi connectivity index (χ1v) is 25.5. The van der Waals surface area contributed by atoms with Crippen molar-refractivity contribution in [3.63, 3.8) is 0 Å². The molecule has 1 unspecified atom stereocenters. The normalized spacial score (nSPS) is 13.9. The van der Waals surface area contributed by atoms with E-state index in [1.54, 1.807) is 18.6 Å². The minimum absolute atomic E-state index is 0.0887. The number of aliphatic hydroxyl groups is 1. The predicted octanol–water partition coefficient (Wildman–Crippen LogP) is 9.29.